The van der Waals surface area contributed by atoms with E-state index in [2.05, 4.69) is 10.3 Å². The summed E-state index contributed by atoms with van der Waals surface area (Å²) in [7, 11) is 0. The van der Waals surface area contributed by atoms with E-state index in [-0.39, 0.29) is 25.7 Å². The molecule has 2 heterocycles. The van der Waals surface area contributed by atoms with Crippen LogP contribution in [0.3, 0.4) is 0 Å². The largest absolute Gasteiger partial charge is 0.459 e. The van der Waals surface area contributed by atoms with Crippen LogP contribution in [0.15, 0.2) is 53.5 Å². The van der Waals surface area contributed by atoms with Crippen molar-refractivity contribution in [3.8, 4) is 0 Å². The van der Waals surface area contributed by atoms with Crippen molar-refractivity contribution < 1.29 is 28.6 Å². The van der Waals surface area contributed by atoms with Crippen LogP contribution in [0.25, 0.3) is 0 Å². The first-order valence-corrected chi connectivity index (χ1v) is 10.8. The fraction of sp³-hybridized carbons (Fsp3) is 0.333. The lowest BCUT2D eigenvalue weighted by atomic mass is 10.1. The van der Waals surface area contributed by atoms with E-state index in [4.69, 9.17) is 19.9 Å². The molecule has 0 aliphatic carbocycles. The molecular weight excluding hydrogens is 440 g/mol. The van der Waals surface area contributed by atoms with Crippen LogP contribution in [0.5, 0.6) is 0 Å². The molecule has 2 aliphatic rings. The van der Waals surface area contributed by atoms with E-state index in [1.54, 1.807) is 24.3 Å². The number of hydrogen-bond donors (Lipinski definition) is 2. The number of nitrogens with one attached hydrogen (secondary N) is 1. The van der Waals surface area contributed by atoms with Crippen LogP contribution in [-0.4, -0.2) is 60.5 Å². The second kappa shape index (κ2) is 9.92. The third-order valence-electron chi connectivity index (χ3n) is 5.63. The average Bonchev–Trinajstić information content (AvgIpc) is 3.20. The number of nitrogens with zero attached hydrogens (tertiary/aromatic N) is 2. The summed E-state index contributed by atoms with van der Waals surface area (Å²) in [5.41, 5.74) is 8.36. The molecule has 10 nitrogen and oxygen atoms in total. The highest BCUT2D eigenvalue weighted by atomic mass is 16.6. The quantitative estimate of drug-likeness (QED) is 0.623. The van der Waals surface area contributed by atoms with Crippen molar-refractivity contribution in [1.82, 2.24) is 10.2 Å². The number of amides is 2. The van der Waals surface area contributed by atoms with Gasteiger partial charge in [-0.15, -0.1) is 0 Å². The molecule has 10 heteroatoms. The van der Waals surface area contributed by atoms with Crippen LogP contribution >= 0.6 is 0 Å². The van der Waals surface area contributed by atoms with E-state index in [9.17, 15) is 14.4 Å². The molecule has 1 saturated heterocycles. The van der Waals surface area contributed by atoms with Gasteiger partial charge >= 0.3 is 18.0 Å². The van der Waals surface area contributed by atoms with Gasteiger partial charge < -0.3 is 19.9 Å². The van der Waals surface area contributed by atoms with Gasteiger partial charge in [-0.25, -0.2) is 19.4 Å². The molecule has 3 atom stereocenters. The molecule has 2 aromatic rings. The number of nitrogens with two attached hydrogens (primary N) is 1. The first kappa shape index (κ1) is 23.2. The summed E-state index contributed by atoms with van der Waals surface area (Å²) in [5.74, 6) is -1.04. The fourth-order valence-electron chi connectivity index (χ4n) is 3.65. The zero-order valence-electron chi connectivity index (χ0n) is 18.9. The number of hydrogen-bond acceptors (Lipinski definition) is 8. The summed E-state index contributed by atoms with van der Waals surface area (Å²) in [6, 6.07) is 13.5. The second-order valence-corrected chi connectivity index (χ2v) is 8.22. The first-order chi connectivity index (χ1) is 16.3. The normalized spacial score (nSPS) is 22.1. The lowest BCUT2D eigenvalue weighted by Gasteiger charge is -2.29. The predicted molar refractivity (Wildman–Crippen MR) is 122 cm³/mol. The van der Waals surface area contributed by atoms with Crippen molar-refractivity contribution in [1.29, 1.82) is 0 Å². The molecule has 0 saturated carbocycles. The van der Waals surface area contributed by atoms with Gasteiger partial charge in [0.15, 0.2) is 5.96 Å². The van der Waals surface area contributed by atoms with Gasteiger partial charge in [0.2, 0.25) is 0 Å². The Kier molecular flexibility index (Phi) is 6.78. The molecule has 0 spiro atoms. The van der Waals surface area contributed by atoms with Crippen molar-refractivity contribution in [2.75, 3.05) is 13.3 Å². The highest BCUT2D eigenvalue weighted by Gasteiger charge is 2.43. The fourth-order valence-corrected chi connectivity index (χ4v) is 3.65. The first-order valence-electron chi connectivity index (χ1n) is 10.8. The minimum Gasteiger partial charge on any atom is -0.459 e. The maximum Gasteiger partial charge on any atom is 0.338 e. The van der Waals surface area contributed by atoms with Gasteiger partial charge in [0.25, 0.3) is 0 Å². The number of carbonyl (C=O) groups excluding carboxylic acids is 3. The van der Waals surface area contributed by atoms with Gasteiger partial charge in [-0.1, -0.05) is 35.4 Å². The third-order valence-corrected chi connectivity index (χ3v) is 5.63. The van der Waals surface area contributed by atoms with Crippen LogP contribution in [0, 0.1) is 13.8 Å². The number of ether oxygens (including phenoxy) is 3. The summed E-state index contributed by atoms with van der Waals surface area (Å²) < 4.78 is 17.1. The molecule has 1 unspecified atom stereocenters. The van der Waals surface area contributed by atoms with Gasteiger partial charge in [0, 0.05) is 6.42 Å². The molecule has 2 aromatic carbocycles. The van der Waals surface area contributed by atoms with E-state index in [0.29, 0.717) is 11.1 Å². The van der Waals surface area contributed by atoms with Gasteiger partial charge in [-0.2, -0.15) is 0 Å². The van der Waals surface area contributed by atoms with E-state index in [0.717, 1.165) is 11.1 Å². The van der Waals surface area contributed by atoms with Crippen LogP contribution in [0.4, 0.5) is 4.79 Å². The highest BCUT2D eigenvalue weighted by molar-refractivity contribution is 5.97. The van der Waals surface area contributed by atoms with Gasteiger partial charge in [0.05, 0.1) is 11.1 Å². The smallest absolute Gasteiger partial charge is 0.338 e. The standard InChI is InChI=1S/C24H26N4O6/c1-14-3-7-16(8-4-14)21(29)32-12-19-18(34-22(30)17-9-5-15(2)6-10-17)11-20(33-19)28-13-26-23(25)27-24(28)31/h3-10,18-20H,11-13H2,1-2H3,(H3,25,26,27,31)/t18?,19-,20-/m1/s1. The molecule has 2 amide bonds. The number of aliphatic imine (C=N–C) groups is 1. The Hall–Kier alpha value is -3.92. The molecule has 1 fully saturated rings. The van der Waals surface area contributed by atoms with E-state index < -0.39 is 36.4 Å². The van der Waals surface area contributed by atoms with Crippen molar-refractivity contribution in [3.63, 3.8) is 0 Å². The van der Waals surface area contributed by atoms with Crippen LogP contribution < -0.4 is 11.1 Å². The second-order valence-electron chi connectivity index (χ2n) is 8.22. The Morgan fingerprint density at radius 1 is 1.06 bits per heavy atom. The summed E-state index contributed by atoms with van der Waals surface area (Å²) in [5, 5.41) is 2.43. The lowest BCUT2D eigenvalue weighted by Crippen LogP contribution is -2.54. The van der Waals surface area contributed by atoms with Crippen molar-refractivity contribution in [3.05, 3.63) is 70.8 Å². The van der Waals surface area contributed by atoms with Crippen LogP contribution in [0.2, 0.25) is 0 Å². The highest BCUT2D eigenvalue weighted by Crippen LogP contribution is 2.28. The Morgan fingerprint density at radius 2 is 1.65 bits per heavy atom. The molecule has 0 aromatic heterocycles. The SMILES string of the molecule is Cc1ccc(C(=O)OC[C@H]2O[C@@H](N3CN=C(N)NC3=O)CC2OC(=O)c2ccc(C)cc2)cc1. The van der Waals surface area contributed by atoms with Crippen LogP contribution in [-0.2, 0) is 14.2 Å². The molecular formula is C24H26N4O6. The monoisotopic (exact) mass is 466 g/mol. The molecule has 34 heavy (non-hydrogen) atoms. The number of aryl methyl sites for hydroxylation is 2. The van der Waals surface area contributed by atoms with E-state index in [1.165, 1.54) is 4.90 Å². The van der Waals surface area contributed by atoms with Gasteiger partial charge in [-0.05, 0) is 38.1 Å². The minimum absolute atomic E-state index is 0.00314. The summed E-state index contributed by atoms with van der Waals surface area (Å²) in [6.07, 6.45) is -2.08. The molecule has 3 N–H and O–H groups in total. The topological polar surface area (TPSA) is 133 Å². The number of esters is 2. The maximum atomic E-state index is 12.7. The molecule has 0 radical (unpaired) electrons. The summed E-state index contributed by atoms with van der Waals surface area (Å²) >= 11 is 0. The predicted octanol–water partition coefficient (Wildman–Crippen LogP) is 2.10. The van der Waals surface area contributed by atoms with Crippen molar-refractivity contribution in [2.45, 2.75) is 38.7 Å². The van der Waals surface area contributed by atoms with E-state index in [1.807, 2.05) is 38.1 Å². The Balaban J connectivity index is 1.46. The number of rotatable bonds is 6. The van der Waals surface area contributed by atoms with Gasteiger partial charge in [0.1, 0.15) is 31.7 Å². The number of carbonyl (C=O) groups is 3. The lowest BCUT2D eigenvalue weighted by molar-refractivity contribution is -0.0715. The summed E-state index contributed by atoms with van der Waals surface area (Å²) in [6.45, 7) is 3.68. The van der Waals surface area contributed by atoms with E-state index >= 15 is 0 Å². The maximum absolute atomic E-state index is 12.7. The van der Waals surface area contributed by atoms with Gasteiger partial charge in [-0.3, -0.25) is 10.2 Å². The zero-order valence-corrected chi connectivity index (χ0v) is 18.9. The average molecular weight is 466 g/mol. The molecule has 4 rings (SSSR count). The third kappa shape index (κ3) is 5.34. The van der Waals surface area contributed by atoms with Crippen LogP contribution in [0.1, 0.15) is 38.3 Å². The van der Waals surface area contributed by atoms with Crippen molar-refractivity contribution in [2.24, 2.45) is 10.7 Å². The van der Waals surface area contributed by atoms with Crippen molar-refractivity contribution >= 4 is 23.9 Å². The minimum atomic E-state index is -0.773. The molecule has 2 aliphatic heterocycles. The number of benzene rings is 2. The Morgan fingerprint density at radius 3 is 2.24 bits per heavy atom. The summed E-state index contributed by atoms with van der Waals surface area (Å²) in [4.78, 5) is 42.9. The Labute approximate surface area is 196 Å². The number of guanidine groups is 1. The number of urea groups is 1. The molecule has 178 valence electrons. The molecule has 0 bridgehead atoms. The zero-order chi connectivity index (χ0) is 24.2. The Bertz CT molecular complexity index is 1100.